The van der Waals surface area contributed by atoms with Gasteiger partial charge in [0.2, 0.25) is 10.0 Å². The van der Waals surface area contributed by atoms with E-state index in [0.717, 1.165) is 0 Å². The van der Waals surface area contributed by atoms with E-state index in [1.54, 1.807) is 7.05 Å². The third kappa shape index (κ3) is 4.58. The Morgan fingerprint density at radius 2 is 1.79 bits per heavy atom. The van der Waals surface area contributed by atoms with Crippen molar-refractivity contribution >= 4 is 28.2 Å². The van der Waals surface area contributed by atoms with Gasteiger partial charge in [0.1, 0.15) is 0 Å². The average molecular weight is 307 g/mol. The molecule has 1 N–H and O–H groups in total. The number of benzene rings is 1. The van der Waals surface area contributed by atoms with Crippen LogP contribution >= 0.6 is 12.4 Å². The van der Waals surface area contributed by atoms with Crippen molar-refractivity contribution in [2.24, 2.45) is 0 Å². The zero-order valence-corrected chi connectivity index (χ0v) is 12.8. The van der Waals surface area contributed by atoms with Gasteiger partial charge in [-0.2, -0.15) is 4.31 Å². The van der Waals surface area contributed by atoms with Crippen LogP contribution in [-0.2, 0) is 10.0 Å². The average Bonchev–Trinajstić information content (AvgIpc) is 2.35. The maximum Gasteiger partial charge on any atom is 0.242 e. The van der Waals surface area contributed by atoms with Crippen molar-refractivity contribution in [1.29, 1.82) is 0 Å². The number of hydrogen-bond donors (Lipinski definition) is 1. The lowest BCUT2D eigenvalue weighted by atomic mass is 10.2. The van der Waals surface area contributed by atoms with Crippen LogP contribution in [0.3, 0.4) is 0 Å². The van der Waals surface area contributed by atoms with E-state index in [-0.39, 0.29) is 23.1 Å². The van der Waals surface area contributed by atoms with E-state index in [2.05, 4.69) is 5.32 Å². The summed E-state index contributed by atoms with van der Waals surface area (Å²) in [7, 11) is -0.172. The second kappa shape index (κ2) is 7.59. The Kier molecular flexibility index (Phi) is 7.21. The molecule has 0 unspecified atom stereocenters. The van der Waals surface area contributed by atoms with E-state index in [9.17, 15) is 13.2 Å². The molecule has 0 amide bonds. The van der Waals surface area contributed by atoms with Gasteiger partial charge in [-0.3, -0.25) is 4.79 Å². The van der Waals surface area contributed by atoms with E-state index >= 15 is 0 Å². The van der Waals surface area contributed by atoms with Gasteiger partial charge < -0.3 is 5.32 Å². The first kappa shape index (κ1) is 18.0. The molecule has 1 rings (SSSR count). The monoisotopic (exact) mass is 306 g/mol. The van der Waals surface area contributed by atoms with E-state index in [1.165, 1.54) is 42.5 Å². The number of likely N-dealkylation sites (N-methyl/N-ethyl adjacent to an activating group) is 2. The third-order valence-electron chi connectivity index (χ3n) is 2.65. The van der Waals surface area contributed by atoms with Crippen molar-refractivity contribution in [1.82, 2.24) is 9.62 Å². The van der Waals surface area contributed by atoms with Crippen molar-refractivity contribution in [3.05, 3.63) is 29.8 Å². The van der Waals surface area contributed by atoms with Crippen molar-refractivity contribution in [3.8, 4) is 0 Å². The number of rotatable bonds is 6. The molecule has 0 aliphatic heterocycles. The minimum atomic E-state index is -3.47. The van der Waals surface area contributed by atoms with Crippen LogP contribution in [0.4, 0.5) is 0 Å². The summed E-state index contributed by atoms with van der Waals surface area (Å²) in [6.07, 6.45) is 0. The smallest absolute Gasteiger partial charge is 0.242 e. The molecule has 0 saturated carbocycles. The highest BCUT2D eigenvalue weighted by molar-refractivity contribution is 7.89. The lowest BCUT2D eigenvalue weighted by Gasteiger charge is -2.16. The normalized spacial score (nSPS) is 11.2. The molecule has 19 heavy (non-hydrogen) atoms. The number of nitrogens with zero attached hydrogens (tertiary/aromatic N) is 1. The van der Waals surface area contributed by atoms with Crippen LogP contribution in [0, 0.1) is 0 Å². The maximum atomic E-state index is 12.1. The van der Waals surface area contributed by atoms with E-state index < -0.39 is 10.0 Å². The topological polar surface area (TPSA) is 66.5 Å². The summed E-state index contributed by atoms with van der Waals surface area (Å²) in [5.41, 5.74) is 0.506. The summed E-state index contributed by atoms with van der Waals surface area (Å²) in [4.78, 5) is 11.3. The molecule has 1 aromatic rings. The molecule has 0 radical (unpaired) electrons. The Balaban J connectivity index is 0.00000324. The number of nitrogens with one attached hydrogen (secondary N) is 1. The number of halogens is 1. The molecular formula is C12H19ClN2O3S. The maximum absolute atomic E-state index is 12.1. The molecule has 0 aliphatic carbocycles. The Bertz CT molecular complexity index is 514. The molecule has 0 heterocycles. The summed E-state index contributed by atoms with van der Waals surface area (Å²) >= 11 is 0. The Hall–Kier alpha value is -0.950. The van der Waals surface area contributed by atoms with Gasteiger partial charge in [-0.05, 0) is 26.1 Å². The summed E-state index contributed by atoms with van der Waals surface area (Å²) in [6.45, 7) is 2.43. The molecule has 0 aliphatic rings. The van der Waals surface area contributed by atoms with Crippen molar-refractivity contribution < 1.29 is 13.2 Å². The van der Waals surface area contributed by atoms with Gasteiger partial charge in [0.15, 0.2) is 5.78 Å². The fourth-order valence-electron chi connectivity index (χ4n) is 1.43. The number of ketones is 1. The predicted molar refractivity (Wildman–Crippen MR) is 77.4 cm³/mol. The Morgan fingerprint density at radius 3 is 2.21 bits per heavy atom. The summed E-state index contributed by atoms with van der Waals surface area (Å²) < 4.78 is 25.5. The zero-order valence-electron chi connectivity index (χ0n) is 11.2. The number of hydrogen-bond acceptors (Lipinski definition) is 4. The highest BCUT2D eigenvalue weighted by Gasteiger charge is 2.20. The summed E-state index contributed by atoms with van der Waals surface area (Å²) in [6, 6.07) is 5.98. The Morgan fingerprint density at radius 1 is 1.26 bits per heavy atom. The number of Topliss-reactive ketones (excluding diaryl/α,β-unsaturated/α-hetero) is 1. The fraction of sp³-hybridized carbons (Fsp3) is 0.417. The number of sulfonamides is 1. The van der Waals surface area contributed by atoms with Crippen molar-refractivity contribution in [2.45, 2.75) is 11.8 Å². The van der Waals surface area contributed by atoms with Crippen LogP contribution in [0.1, 0.15) is 17.3 Å². The van der Waals surface area contributed by atoms with Gasteiger partial charge in [-0.1, -0.05) is 12.1 Å². The molecule has 7 heteroatoms. The van der Waals surface area contributed by atoms with Gasteiger partial charge >= 0.3 is 0 Å². The van der Waals surface area contributed by atoms with Gasteiger partial charge in [0.25, 0.3) is 0 Å². The SMILES string of the molecule is CNCCN(C)S(=O)(=O)c1ccc(C(C)=O)cc1.Cl. The quantitative estimate of drug-likeness (QED) is 0.801. The molecule has 5 nitrogen and oxygen atoms in total. The zero-order chi connectivity index (χ0) is 13.8. The van der Waals surface area contributed by atoms with Gasteiger partial charge in [0, 0.05) is 25.7 Å². The van der Waals surface area contributed by atoms with Crippen LogP contribution in [0.25, 0.3) is 0 Å². The first-order valence-electron chi connectivity index (χ1n) is 5.61. The van der Waals surface area contributed by atoms with Crippen LogP contribution < -0.4 is 5.32 Å². The largest absolute Gasteiger partial charge is 0.318 e. The standard InChI is InChI=1S/C12H18N2O3S.ClH/c1-10(15)11-4-6-12(7-5-11)18(16,17)14(3)9-8-13-2;/h4-7,13H,8-9H2,1-3H3;1H. The van der Waals surface area contributed by atoms with E-state index in [4.69, 9.17) is 0 Å². The van der Waals surface area contributed by atoms with Crippen LogP contribution in [0.2, 0.25) is 0 Å². The lowest BCUT2D eigenvalue weighted by Crippen LogP contribution is -2.32. The third-order valence-corrected chi connectivity index (χ3v) is 4.52. The highest BCUT2D eigenvalue weighted by atomic mass is 35.5. The van der Waals surface area contributed by atoms with Crippen LogP contribution in [0.15, 0.2) is 29.2 Å². The molecule has 0 bridgehead atoms. The van der Waals surface area contributed by atoms with Crippen LogP contribution in [-0.4, -0.2) is 45.7 Å². The number of carbonyl (C=O) groups is 1. The Labute approximate surface area is 120 Å². The lowest BCUT2D eigenvalue weighted by molar-refractivity contribution is 0.101. The molecule has 0 saturated heterocycles. The molecule has 0 spiro atoms. The molecular weight excluding hydrogens is 288 g/mol. The van der Waals surface area contributed by atoms with Gasteiger partial charge in [-0.15, -0.1) is 12.4 Å². The second-order valence-electron chi connectivity index (χ2n) is 4.01. The molecule has 0 aromatic heterocycles. The first-order chi connectivity index (χ1) is 8.39. The summed E-state index contributed by atoms with van der Waals surface area (Å²) in [5.74, 6) is -0.0810. The minimum absolute atomic E-state index is 0. The minimum Gasteiger partial charge on any atom is -0.318 e. The fourth-order valence-corrected chi connectivity index (χ4v) is 2.60. The first-order valence-corrected chi connectivity index (χ1v) is 7.05. The molecule has 1 aromatic carbocycles. The highest BCUT2D eigenvalue weighted by Crippen LogP contribution is 2.15. The van der Waals surface area contributed by atoms with Gasteiger partial charge in [-0.25, -0.2) is 8.42 Å². The molecule has 0 fully saturated rings. The molecule has 108 valence electrons. The summed E-state index contributed by atoms with van der Waals surface area (Å²) in [5, 5.41) is 2.90. The van der Waals surface area contributed by atoms with E-state index in [0.29, 0.717) is 18.7 Å². The predicted octanol–water partition coefficient (Wildman–Crippen LogP) is 1.15. The van der Waals surface area contributed by atoms with Crippen molar-refractivity contribution in [2.75, 3.05) is 27.2 Å². The molecule has 0 atom stereocenters. The van der Waals surface area contributed by atoms with Crippen LogP contribution in [0.5, 0.6) is 0 Å². The van der Waals surface area contributed by atoms with Crippen molar-refractivity contribution in [3.63, 3.8) is 0 Å². The van der Waals surface area contributed by atoms with Gasteiger partial charge in [0.05, 0.1) is 4.90 Å². The van der Waals surface area contributed by atoms with E-state index in [1.807, 2.05) is 0 Å². The number of carbonyl (C=O) groups excluding carboxylic acids is 1. The second-order valence-corrected chi connectivity index (χ2v) is 6.06.